The van der Waals surface area contributed by atoms with Gasteiger partial charge < -0.3 is 0 Å². The van der Waals surface area contributed by atoms with Gasteiger partial charge in [-0.1, -0.05) is 0 Å². The molecule has 0 aliphatic carbocycles. The molecule has 72 valence electrons. The molecule has 0 aliphatic heterocycles. The third-order valence-corrected chi connectivity index (χ3v) is 0. The van der Waals surface area contributed by atoms with E-state index < -0.39 is 0 Å². The second-order valence-electron chi connectivity index (χ2n) is 0. The molecule has 0 aliphatic rings. The quantitative estimate of drug-likeness (QED) is 0.557. The van der Waals surface area contributed by atoms with Gasteiger partial charge in [-0.05, 0) is 0 Å². The van der Waals surface area contributed by atoms with Gasteiger partial charge in [0.1, 0.15) is 0 Å². The van der Waals surface area contributed by atoms with Crippen LogP contribution in [-0.2, 0) is 16.5 Å². The van der Waals surface area contributed by atoms with Crippen LogP contribution >= 0.6 is 0 Å². The summed E-state index contributed by atoms with van der Waals surface area (Å²) < 4.78 is 0. The van der Waals surface area contributed by atoms with Crippen LogP contribution in [-0.4, -0.2) is 29.6 Å². The predicted octanol–water partition coefficient (Wildman–Crippen LogP) is 0.188. The minimum absolute atomic E-state index is 0. The van der Waals surface area contributed by atoms with E-state index in [-0.39, 0.29) is 46.0 Å². The normalized spacial score (nSPS) is 0.857. The molecule has 0 spiro atoms. The third kappa shape index (κ3) is 378. The number of rotatable bonds is 0. The van der Waals surface area contributed by atoms with Crippen LogP contribution in [0.1, 0.15) is 0 Å². The zero-order valence-corrected chi connectivity index (χ0v) is 7.45. The molecule has 0 heterocycles. The van der Waals surface area contributed by atoms with Gasteiger partial charge in [0, 0.05) is 55.9 Å². The van der Waals surface area contributed by atoms with E-state index >= 15 is 0 Å². The summed E-state index contributed by atoms with van der Waals surface area (Å²) in [6.07, 6.45) is 0. The second kappa shape index (κ2) is 507. The first kappa shape index (κ1) is 82.7. The SMILES string of the molecule is C#N.C#N.C#N.C#N.C#N.C#N.[NaH].[Ni]. The van der Waals surface area contributed by atoms with E-state index in [2.05, 4.69) is 39.4 Å². The number of hydrogen-bond acceptors (Lipinski definition) is 6. The standard InChI is InChI=1S/6CHN.Na.Ni.H/c6*1-2;;;/h6*1H;;;. The minimum Gasteiger partial charge on any atom is 0 e. The van der Waals surface area contributed by atoms with Crippen LogP contribution in [0.25, 0.3) is 0 Å². The fourth-order valence-corrected chi connectivity index (χ4v) is 0. The van der Waals surface area contributed by atoms with E-state index in [1.54, 1.807) is 0 Å². The van der Waals surface area contributed by atoms with Gasteiger partial charge in [0.2, 0.25) is 0 Å². The largest absolute Gasteiger partial charge is 0 e. The molecular formula is C6H7N6NaNi. The van der Waals surface area contributed by atoms with Gasteiger partial charge in [-0.2, -0.15) is 0 Å². The zero-order valence-electron chi connectivity index (χ0n) is 6.46. The van der Waals surface area contributed by atoms with Gasteiger partial charge >= 0.3 is 29.6 Å². The van der Waals surface area contributed by atoms with Gasteiger partial charge in [0.25, 0.3) is 0 Å². The van der Waals surface area contributed by atoms with Crippen molar-refractivity contribution in [3.63, 3.8) is 0 Å². The molecule has 0 fully saturated rings. The number of nitrogens with zero attached hydrogens (tertiary/aromatic N) is 6. The van der Waals surface area contributed by atoms with Crippen molar-refractivity contribution in [1.82, 2.24) is 0 Å². The Morgan fingerprint density at radius 3 is 0.357 bits per heavy atom. The molecule has 0 aromatic rings. The molecule has 0 N–H and O–H groups in total. The van der Waals surface area contributed by atoms with Crippen LogP contribution < -0.4 is 0 Å². The molecule has 0 atom stereocenters. The first-order valence-corrected chi connectivity index (χ1v) is 1.55. The second-order valence-corrected chi connectivity index (χ2v) is 0. The van der Waals surface area contributed by atoms with Crippen LogP contribution in [0.3, 0.4) is 0 Å². The van der Waals surface area contributed by atoms with E-state index in [1.165, 1.54) is 0 Å². The Balaban J connectivity index is -0.00000000500. The average Bonchev–Trinajstić information content (AvgIpc) is 2.33. The molecule has 0 saturated carbocycles. The van der Waals surface area contributed by atoms with Crippen molar-refractivity contribution in [3.05, 3.63) is 0 Å². The summed E-state index contributed by atoms with van der Waals surface area (Å²) in [7, 11) is 0. The van der Waals surface area contributed by atoms with E-state index in [0.717, 1.165) is 0 Å². The minimum atomic E-state index is 0. The summed E-state index contributed by atoms with van der Waals surface area (Å²) in [6.45, 7) is 21.0. The first-order chi connectivity index (χ1) is 6.00. The fraction of sp³-hybridized carbons (Fsp3) is 0. The van der Waals surface area contributed by atoms with Crippen molar-refractivity contribution in [2.75, 3.05) is 0 Å². The smallest absolute Gasteiger partial charge is 0 e. The Morgan fingerprint density at radius 1 is 0.357 bits per heavy atom. The number of hydrogen-bond donors (Lipinski definition) is 0. The van der Waals surface area contributed by atoms with Crippen molar-refractivity contribution < 1.29 is 16.5 Å². The van der Waals surface area contributed by atoms with Gasteiger partial charge in [-0.3, -0.25) is 0 Å². The molecule has 6 nitrogen and oxygen atoms in total. The molecule has 14 heavy (non-hydrogen) atoms. The van der Waals surface area contributed by atoms with Gasteiger partial charge in [0.05, 0.1) is 0 Å². The van der Waals surface area contributed by atoms with E-state index in [0.29, 0.717) is 0 Å². The van der Waals surface area contributed by atoms with E-state index in [9.17, 15) is 0 Å². The van der Waals surface area contributed by atoms with Crippen LogP contribution in [0.5, 0.6) is 0 Å². The Hall–Kier alpha value is -1.57. The fourth-order valence-electron chi connectivity index (χ4n) is 0. The van der Waals surface area contributed by atoms with Crippen LogP contribution in [0.15, 0.2) is 0 Å². The summed E-state index contributed by atoms with van der Waals surface area (Å²) in [4.78, 5) is 0. The van der Waals surface area contributed by atoms with Crippen LogP contribution in [0.2, 0.25) is 0 Å². The zero-order chi connectivity index (χ0) is 12.0. The Bertz CT molecular complexity index is 97.3. The Kier molecular flexibility index (Phi) is 3000. The molecule has 0 amide bonds. The van der Waals surface area contributed by atoms with Crippen molar-refractivity contribution >= 4 is 29.6 Å². The van der Waals surface area contributed by atoms with E-state index in [4.69, 9.17) is 31.6 Å². The maximum Gasteiger partial charge on any atom is 0 e. The summed E-state index contributed by atoms with van der Waals surface area (Å²) in [5.74, 6) is 0. The van der Waals surface area contributed by atoms with Crippen LogP contribution in [0.4, 0.5) is 0 Å². The Labute approximate surface area is 116 Å². The third-order valence-electron chi connectivity index (χ3n) is 0. The molecule has 0 radical (unpaired) electrons. The maximum absolute atomic E-state index is 6.50. The molecular weight excluding hydrogens is 238 g/mol. The monoisotopic (exact) mass is 244 g/mol. The van der Waals surface area contributed by atoms with Crippen molar-refractivity contribution in [1.29, 1.82) is 31.6 Å². The van der Waals surface area contributed by atoms with Crippen molar-refractivity contribution in [2.24, 2.45) is 0 Å². The van der Waals surface area contributed by atoms with E-state index in [1.807, 2.05) is 0 Å². The molecule has 0 rings (SSSR count). The molecule has 8 heteroatoms. The van der Waals surface area contributed by atoms with Crippen LogP contribution in [0, 0.1) is 71.0 Å². The molecule has 0 aromatic carbocycles. The number of nitriles is 6. The summed E-state index contributed by atoms with van der Waals surface area (Å²) >= 11 is 0. The molecule has 0 saturated heterocycles. The summed E-state index contributed by atoms with van der Waals surface area (Å²) in [5.41, 5.74) is 0. The van der Waals surface area contributed by atoms with Gasteiger partial charge in [0.15, 0.2) is 0 Å². The molecule has 0 unspecified atom stereocenters. The topological polar surface area (TPSA) is 143 Å². The van der Waals surface area contributed by atoms with Gasteiger partial charge in [-0.25, -0.2) is 31.6 Å². The average molecular weight is 245 g/mol. The Morgan fingerprint density at radius 2 is 0.357 bits per heavy atom. The first-order valence-electron chi connectivity index (χ1n) is 1.55. The molecule has 0 aromatic heterocycles. The predicted molar refractivity (Wildman–Crippen MR) is 47.2 cm³/mol. The van der Waals surface area contributed by atoms with Crippen molar-refractivity contribution in [2.45, 2.75) is 0 Å². The summed E-state index contributed by atoms with van der Waals surface area (Å²) in [6, 6.07) is 0. The van der Waals surface area contributed by atoms with Crippen molar-refractivity contribution in [3.8, 4) is 39.4 Å². The molecule has 0 bridgehead atoms. The maximum atomic E-state index is 6.50. The summed E-state index contributed by atoms with van der Waals surface area (Å²) in [5, 5.41) is 39.0. The van der Waals surface area contributed by atoms with Gasteiger partial charge in [-0.15, -0.1) is 0 Å².